The highest BCUT2D eigenvalue weighted by molar-refractivity contribution is 5.00. The maximum Gasteiger partial charge on any atom is 0.147 e. The van der Waals surface area contributed by atoms with E-state index in [4.69, 9.17) is 0 Å². The maximum absolute atomic E-state index is 4.41. The van der Waals surface area contributed by atoms with Crippen LogP contribution in [0.2, 0.25) is 0 Å². The van der Waals surface area contributed by atoms with Gasteiger partial charge in [0.2, 0.25) is 0 Å². The van der Waals surface area contributed by atoms with Crippen molar-refractivity contribution in [2.45, 2.75) is 51.2 Å². The Morgan fingerprint density at radius 2 is 2.17 bits per heavy atom. The first-order valence-corrected chi connectivity index (χ1v) is 7.18. The number of nitrogens with zero attached hydrogens (tertiary/aromatic N) is 4. The summed E-state index contributed by atoms with van der Waals surface area (Å²) in [6.45, 7) is 4.37. The highest BCUT2D eigenvalue weighted by atomic mass is 15.3. The average Bonchev–Trinajstić information content (AvgIpc) is 2.99. The fourth-order valence-electron chi connectivity index (χ4n) is 3.24. The number of likely N-dealkylation sites (N-methyl/N-ethyl adjacent to an activating group) is 1. The molecule has 1 saturated heterocycles. The van der Waals surface area contributed by atoms with Crippen molar-refractivity contribution in [3.05, 3.63) is 11.6 Å². The van der Waals surface area contributed by atoms with E-state index in [9.17, 15) is 0 Å². The van der Waals surface area contributed by atoms with Gasteiger partial charge in [-0.25, -0.2) is 0 Å². The Kier molecular flexibility index (Phi) is 3.61. The molecule has 18 heavy (non-hydrogen) atoms. The largest absolute Gasteiger partial charge is 0.318 e. The second-order valence-electron chi connectivity index (χ2n) is 5.47. The van der Waals surface area contributed by atoms with E-state index in [1.54, 1.807) is 0 Å². The fourth-order valence-corrected chi connectivity index (χ4v) is 3.24. The van der Waals surface area contributed by atoms with Gasteiger partial charge in [-0.05, 0) is 39.3 Å². The van der Waals surface area contributed by atoms with Gasteiger partial charge >= 0.3 is 0 Å². The zero-order valence-electron chi connectivity index (χ0n) is 11.2. The van der Waals surface area contributed by atoms with E-state index >= 15 is 0 Å². The number of aryl methyl sites for hydroxylation is 1. The number of hydrogen-bond acceptors (Lipinski definition) is 4. The normalized spacial score (nSPS) is 24.4. The van der Waals surface area contributed by atoms with Gasteiger partial charge in [0.05, 0.1) is 6.54 Å². The molecule has 0 spiro atoms. The van der Waals surface area contributed by atoms with Gasteiger partial charge in [-0.15, -0.1) is 10.2 Å². The second kappa shape index (κ2) is 5.36. The van der Waals surface area contributed by atoms with Gasteiger partial charge in [-0.3, -0.25) is 4.90 Å². The lowest BCUT2D eigenvalue weighted by atomic mass is 10.1. The summed E-state index contributed by atoms with van der Waals surface area (Å²) in [4.78, 5) is 2.56. The molecule has 0 radical (unpaired) electrons. The molecule has 0 amide bonds. The molecule has 1 unspecified atom stereocenters. The Balaban J connectivity index is 1.70. The molecular formula is C13H23N5. The van der Waals surface area contributed by atoms with E-state index in [-0.39, 0.29) is 0 Å². The summed E-state index contributed by atoms with van der Waals surface area (Å²) in [6, 6.07) is 0.673. The van der Waals surface area contributed by atoms with Crippen molar-refractivity contribution >= 4 is 0 Å². The van der Waals surface area contributed by atoms with E-state index in [1.165, 1.54) is 43.9 Å². The summed E-state index contributed by atoms with van der Waals surface area (Å²) < 4.78 is 2.35. The Morgan fingerprint density at radius 3 is 3.06 bits per heavy atom. The first-order chi connectivity index (χ1) is 8.88. The van der Waals surface area contributed by atoms with Crippen LogP contribution < -0.4 is 5.32 Å². The molecule has 1 atom stereocenters. The minimum atomic E-state index is 0.673. The fraction of sp³-hybridized carbons (Fsp3) is 0.846. The van der Waals surface area contributed by atoms with E-state index in [0.29, 0.717) is 6.04 Å². The summed E-state index contributed by atoms with van der Waals surface area (Å²) in [7, 11) is 2.04. The minimum absolute atomic E-state index is 0.673. The highest BCUT2D eigenvalue weighted by Crippen LogP contribution is 2.21. The van der Waals surface area contributed by atoms with Crippen molar-refractivity contribution in [3.8, 4) is 0 Å². The molecule has 0 aliphatic carbocycles. The molecule has 5 heteroatoms. The van der Waals surface area contributed by atoms with Crippen molar-refractivity contribution in [3.63, 3.8) is 0 Å². The van der Waals surface area contributed by atoms with E-state index < -0.39 is 0 Å². The molecule has 0 saturated carbocycles. The molecule has 3 rings (SSSR count). The molecule has 1 aromatic rings. The number of fused-ring (bicyclic) bond motifs is 1. The summed E-state index contributed by atoms with van der Waals surface area (Å²) >= 11 is 0. The summed E-state index contributed by atoms with van der Waals surface area (Å²) in [5.41, 5.74) is 0. The zero-order chi connectivity index (χ0) is 12.4. The molecule has 1 fully saturated rings. The Bertz CT molecular complexity index is 400. The number of likely N-dealkylation sites (tertiary alicyclic amines) is 1. The summed E-state index contributed by atoms with van der Waals surface area (Å²) in [5.74, 6) is 2.37. The van der Waals surface area contributed by atoms with Crippen LogP contribution in [0.4, 0.5) is 0 Å². The third-order valence-corrected chi connectivity index (χ3v) is 4.22. The Morgan fingerprint density at radius 1 is 1.22 bits per heavy atom. The average molecular weight is 249 g/mol. The third-order valence-electron chi connectivity index (χ3n) is 4.22. The monoisotopic (exact) mass is 249 g/mol. The Hall–Kier alpha value is -0.940. The molecule has 0 bridgehead atoms. The minimum Gasteiger partial charge on any atom is -0.318 e. The van der Waals surface area contributed by atoms with Crippen LogP contribution in [0.3, 0.4) is 0 Å². The standard InChI is InChI=1S/C13H23N5/c1-14-9-11-5-4-7-17(11)10-13-16-15-12-6-2-3-8-18(12)13/h11,14H,2-10H2,1H3. The predicted octanol–water partition coefficient (Wildman–Crippen LogP) is 0.798. The summed E-state index contributed by atoms with van der Waals surface area (Å²) in [5, 5.41) is 12.0. The molecule has 1 N–H and O–H groups in total. The lowest BCUT2D eigenvalue weighted by Gasteiger charge is -2.24. The van der Waals surface area contributed by atoms with Crippen LogP contribution in [0.1, 0.15) is 37.3 Å². The van der Waals surface area contributed by atoms with E-state index in [2.05, 4.69) is 25.0 Å². The second-order valence-corrected chi connectivity index (χ2v) is 5.47. The van der Waals surface area contributed by atoms with Crippen molar-refractivity contribution in [2.24, 2.45) is 0 Å². The van der Waals surface area contributed by atoms with Gasteiger partial charge in [-0.1, -0.05) is 0 Å². The topological polar surface area (TPSA) is 46.0 Å². The van der Waals surface area contributed by atoms with Crippen molar-refractivity contribution in [1.82, 2.24) is 25.0 Å². The van der Waals surface area contributed by atoms with Crippen LogP contribution in [0.25, 0.3) is 0 Å². The zero-order valence-corrected chi connectivity index (χ0v) is 11.2. The number of hydrogen-bond donors (Lipinski definition) is 1. The quantitative estimate of drug-likeness (QED) is 0.857. The van der Waals surface area contributed by atoms with Crippen LogP contribution in [0, 0.1) is 0 Å². The van der Waals surface area contributed by atoms with Gasteiger partial charge in [0.1, 0.15) is 11.6 Å². The van der Waals surface area contributed by atoms with Crippen molar-refractivity contribution in [2.75, 3.05) is 20.1 Å². The SMILES string of the molecule is CNCC1CCCN1Cc1nnc2n1CCCC2. The first kappa shape index (κ1) is 12.1. The number of aromatic nitrogens is 3. The van der Waals surface area contributed by atoms with Crippen molar-refractivity contribution < 1.29 is 0 Å². The molecule has 5 nitrogen and oxygen atoms in total. The molecule has 1 aromatic heterocycles. The molecule has 2 aliphatic heterocycles. The molecule has 3 heterocycles. The van der Waals surface area contributed by atoms with Crippen LogP contribution in [0.5, 0.6) is 0 Å². The molecule has 2 aliphatic rings. The van der Waals surface area contributed by atoms with Gasteiger partial charge in [-0.2, -0.15) is 0 Å². The first-order valence-electron chi connectivity index (χ1n) is 7.18. The molecule has 100 valence electrons. The van der Waals surface area contributed by atoms with E-state index in [0.717, 1.165) is 26.1 Å². The van der Waals surface area contributed by atoms with Gasteiger partial charge in [0, 0.05) is 25.6 Å². The predicted molar refractivity (Wildman–Crippen MR) is 70.3 cm³/mol. The summed E-state index contributed by atoms with van der Waals surface area (Å²) in [6.07, 6.45) is 6.27. The van der Waals surface area contributed by atoms with Crippen molar-refractivity contribution in [1.29, 1.82) is 0 Å². The Labute approximate surface area is 109 Å². The van der Waals surface area contributed by atoms with Gasteiger partial charge < -0.3 is 9.88 Å². The smallest absolute Gasteiger partial charge is 0.147 e. The number of rotatable bonds is 4. The van der Waals surface area contributed by atoms with E-state index in [1.807, 2.05) is 7.05 Å². The van der Waals surface area contributed by atoms with Crippen LogP contribution in [-0.2, 0) is 19.5 Å². The van der Waals surface area contributed by atoms with Gasteiger partial charge in [0.25, 0.3) is 0 Å². The number of nitrogens with one attached hydrogen (secondary N) is 1. The van der Waals surface area contributed by atoms with Crippen LogP contribution in [-0.4, -0.2) is 45.8 Å². The highest BCUT2D eigenvalue weighted by Gasteiger charge is 2.26. The third kappa shape index (κ3) is 2.29. The molecule has 0 aromatic carbocycles. The van der Waals surface area contributed by atoms with Crippen LogP contribution in [0.15, 0.2) is 0 Å². The maximum atomic E-state index is 4.41. The molecular weight excluding hydrogens is 226 g/mol. The lowest BCUT2D eigenvalue weighted by molar-refractivity contribution is 0.232. The van der Waals surface area contributed by atoms with Gasteiger partial charge in [0.15, 0.2) is 0 Å². The van der Waals surface area contributed by atoms with Crippen LogP contribution >= 0.6 is 0 Å². The lowest BCUT2D eigenvalue weighted by Crippen LogP contribution is -2.37.